The van der Waals surface area contributed by atoms with Gasteiger partial charge in [-0.1, -0.05) is 29.8 Å². The van der Waals surface area contributed by atoms with E-state index in [9.17, 15) is 9.90 Å². The van der Waals surface area contributed by atoms with Crippen LogP contribution in [0.2, 0.25) is 5.02 Å². The average Bonchev–Trinajstić information content (AvgIpc) is 3.01. The van der Waals surface area contributed by atoms with Crippen LogP contribution in [-0.4, -0.2) is 24.2 Å². The molecule has 2 aromatic rings. The normalized spacial score (nSPS) is 11.9. The number of rotatable bonds is 6. The quantitative estimate of drug-likeness (QED) is 0.765. The van der Waals surface area contributed by atoms with E-state index in [1.54, 1.807) is 0 Å². The standard InChI is InChI=1S/C15H17ClN2O2S/c16-13-4-2-1-3-11(13)5-7-17-15(20)18-9-14(19)12-6-8-21-10-12/h1-4,6,8,10,14,19H,5,7,9H2,(H2,17,18,20). The zero-order chi connectivity index (χ0) is 15.1. The van der Waals surface area contributed by atoms with Crippen molar-refractivity contribution in [3.8, 4) is 0 Å². The average molecular weight is 325 g/mol. The van der Waals surface area contributed by atoms with E-state index in [0.29, 0.717) is 18.0 Å². The number of aliphatic hydroxyl groups excluding tert-OH is 1. The van der Waals surface area contributed by atoms with Crippen LogP contribution in [0.25, 0.3) is 0 Å². The van der Waals surface area contributed by atoms with E-state index in [0.717, 1.165) is 11.1 Å². The van der Waals surface area contributed by atoms with E-state index in [-0.39, 0.29) is 12.6 Å². The molecule has 0 aliphatic rings. The summed E-state index contributed by atoms with van der Waals surface area (Å²) in [5.41, 5.74) is 1.81. The van der Waals surface area contributed by atoms with Gasteiger partial charge in [0.2, 0.25) is 0 Å². The lowest BCUT2D eigenvalue weighted by atomic mass is 10.1. The van der Waals surface area contributed by atoms with E-state index in [2.05, 4.69) is 10.6 Å². The summed E-state index contributed by atoms with van der Waals surface area (Å²) < 4.78 is 0. The number of nitrogens with one attached hydrogen (secondary N) is 2. The Morgan fingerprint density at radius 3 is 2.81 bits per heavy atom. The van der Waals surface area contributed by atoms with Gasteiger partial charge in [0.25, 0.3) is 0 Å². The van der Waals surface area contributed by atoms with Crippen molar-refractivity contribution < 1.29 is 9.90 Å². The molecule has 0 aliphatic heterocycles. The number of aliphatic hydroxyl groups is 1. The molecular weight excluding hydrogens is 308 g/mol. The van der Waals surface area contributed by atoms with E-state index < -0.39 is 6.10 Å². The Hall–Kier alpha value is -1.56. The van der Waals surface area contributed by atoms with Gasteiger partial charge in [-0.3, -0.25) is 0 Å². The maximum Gasteiger partial charge on any atom is 0.314 e. The number of hydrogen-bond acceptors (Lipinski definition) is 3. The molecule has 1 heterocycles. The van der Waals surface area contributed by atoms with Gasteiger partial charge in [-0.05, 0) is 40.4 Å². The molecule has 2 amide bonds. The first-order valence-corrected chi connectivity index (χ1v) is 7.94. The number of urea groups is 1. The summed E-state index contributed by atoms with van der Waals surface area (Å²) in [5.74, 6) is 0. The van der Waals surface area contributed by atoms with Crippen LogP contribution in [0.1, 0.15) is 17.2 Å². The fraction of sp³-hybridized carbons (Fsp3) is 0.267. The van der Waals surface area contributed by atoms with Gasteiger partial charge in [0, 0.05) is 18.1 Å². The van der Waals surface area contributed by atoms with Crippen LogP contribution < -0.4 is 10.6 Å². The summed E-state index contributed by atoms with van der Waals surface area (Å²) >= 11 is 7.55. The summed E-state index contributed by atoms with van der Waals surface area (Å²) in [5, 5.41) is 19.7. The Balaban J connectivity index is 1.67. The molecule has 0 fully saturated rings. The molecule has 112 valence electrons. The number of carbonyl (C=O) groups excluding carboxylic acids is 1. The number of thiophene rings is 1. The first-order chi connectivity index (χ1) is 10.2. The Morgan fingerprint density at radius 1 is 1.29 bits per heavy atom. The lowest BCUT2D eigenvalue weighted by molar-refractivity contribution is 0.173. The van der Waals surface area contributed by atoms with Crippen molar-refractivity contribution in [1.82, 2.24) is 10.6 Å². The molecule has 0 saturated carbocycles. The van der Waals surface area contributed by atoms with Gasteiger partial charge in [-0.15, -0.1) is 0 Å². The molecule has 0 aliphatic carbocycles. The molecular formula is C15H17ClN2O2S. The Kier molecular flexibility index (Phi) is 6.04. The zero-order valence-electron chi connectivity index (χ0n) is 11.4. The maximum absolute atomic E-state index is 11.6. The molecule has 6 heteroatoms. The highest BCUT2D eigenvalue weighted by Gasteiger charge is 2.09. The SMILES string of the molecule is O=C(NCCc1ccccc1Cl)NCC(O)c1ccsc1. The second kappa shape index (κ2) is 8.02. The van der Waals surface area contributed by atoms with Gasteiger partial charge in [0.05, 0.1) is 6.10 Å². The van der Waals surface area contributed by atoms with Crippen molar-refractivity contribution in [3.05, 3.63) is 57.2 Å². The van der Waals surface area contributed by atoms with Crippen LogP contribution in [0.3, 0.4) is 0 Å². The number of halogens is 1. The van der Waals surface area contributed by atoms with Crippen molar-refractivity contribution in [2.24, 2.45) is 0 Å². The number of amides is 2. The third kappa shape index (κ3) is 5.04. The van der Waals surface area contributed by atoms with Crippen molar-refractivity contribution in [2.45, 2.75) is 12.5 Å². The zero-order valence-corrected chi connectivity index (χ0v) is 13.0. The Morgan fingerprint density at radius 2 is 2.10 bits per heavy atom. The minimum atomic E-state index is -0.675. The lowest BCUT2D eigenvalue weighted by Crippen LogP contribution is -2.38. The van der Waals surface area contributed by atoms with Crippen molar-refractivity contribution >= 4 is 29.0 Å². The minimum absolute atomic E-state index is 0.189. The van der Waals surface area contributed by atoms with E-state index in [1.807, 2.05) is 41.1 Å². The van der Waals surface area contributed by atoms with Crippen molar-refractivity contribution in [1.29, 1.82) is 0 Å². The molecule has 1 atom stereocenters. The monoisotopic (exact) mass is 324 g/mol. The molecule has 0 spiro atoms. The highest BCUT2D eigenvalue weighted by atomic mass is 35.5. The fourth-order valence-corrected chi connectivity index (χ4v) is 2.78. The molecule has 2 rings (SSSR count). The molecule has 3 N–H and O–H groups in total. The van der Waals surface area contributed by atoms with Gasteiger partial charge < -0.3 is 15.7 Å². The summed E-state index contributed by atoms with van der Waals surface area (Å²) in [6.07, 6.45) is -0.00856. The second-order valence-electron chi connectivity index (χ2n) is 4.55. The van der Waals surface area contributed by atoms with Gasteiger partial charge in [-0.2, -0.15) is 11.3 Å². The second-order valence-corrected chi connectivity index (χ2v) is 5.74. The number of benzene rings is 1. The number of carbonyl (C=O) groups is 1. The van der Waals surface area contributed by atoms with Crippen LogP contribution in [0.4, 0.5) is 4.79 Å². The van der Waals surface area contributed by atoms with Crippen LogP contribution in [0, 0.1) is 0 Å². The lowest BCUT2D eigenvalue weighted by Gasteiger charge is -2.11. The predicted molar refractivity (Wildman–Crippen MR) is 85.8 cm³/mol. The third-order valence-corrected chi connectivity index (χ3v) is 4.09. The third-order valence-electron chi connectivity index (χ3n) is 3.02. The molecule has 1 aromatic carbocycles. The summed E-state index contributed by atoms with van der Waals surface area (Å²) in [6.45, 7) is 0.679. The Bertz CT molecular complexity index is 575. The molecule has 1 aromatic heterocycles. The summed E-state index contributed by atoms with van der Waals surface area (Å²) in [4.78, 5) is 11.6. The fourth-order valence-electron chi connectivity index (χ4n) is 1.85. The van der Waals surface area contributed by atoms with Crippen molar-refractivity contribution in [2.75, 3.05) is 13.1 Å². The number of hydrogen-bond donors (Lipinski definition) is 3. The van der Waals surface area contributed by atoms with Crippen LogP contribution in [-0.2, 0) is 6.42 Å². The molecule has 21 heavy (non-hydrogen) atoms. The molecule has 0 radical (unpaired) electrons. The molecule has 4 nitrogen and oxygen atoms in total. The first kappa shape index (κ1) is 15.8. The topological polar surface area (TPSA) is 61.4 Å². The van der Waals surface area contributed by atoms with Crippen LogP contribution in [0.5, 0.6) is 0 Å². The van der Waals surface area contributed by atoms with Crippen molar-refractivity contribution in [3.63, 3.8) is 0 Å². The van der Waals surface area contributed by atoms with Gasteiger partial charge in [0.1, 0.15) is 0 Å². The van der Waals surface area contributed by atoms with Crippen LogP contribution in [0.15, 0.2) is 41.1 Å². The minimum Gasteiger partial charge on any atom is -0.387 e. The summed E-state index contributed by atoms with van der Waals surface area (Å²) in [6, 6.07) is 9.09. The Labute approximate surface area is 132 Å². The maximum atomic E-state index is 11.6. The highest BCUT2D eigenvalue weighted by molar-refractivity contribution is 7.07. The first-order valence-electron chi connectivity index (χ1n) is 6.62. The molecule has 1 unspecified atom stereocenters. The predicted octanol–water partition coefficient (Wildman–Crippen LogP) is 2.98. The van der Waals surface area contributed by atoms with Gasteiger partial charge in [0.15, 0.2) is 0 Å². The van der Waals surface area contributed by atoms with Gasteiger partial charge in [-0.25, -0.2) is 4.79 Å². The highest BCUT2D eigenvalue weighted by Crippen LogP contribution is 2.15. The molecule has 0 bridgehead atoms. The molecule has 0 saturated heterocycles. The van der Waals surface area contributed by atoms with E-state index >= 15 is 0 Å². The van der Waals surface area contributed by atoms with Gasteiger partial charge >= 0.3 is 6.03 Å². The smallest absolute Gasteiger partial charge is 0.314 e. The van der Waals surface area contributed by atoms with E-state index in [4.69, 9.17) is 11.6 Å². The summed E-state index contributed by atoms with van der Waals surface area (Å²) in [7, 11) is 0. The largest absolute Gasteiger partial charge is 0.387 e. The van der Waals surface area contributed by atoms with E-state index in [1.165, 1.54) is 11.3 Å². The van der Waals surface area contributed by atoms with Crippen LogP contribution >= 0.6 is 22.9 Å².